The second kappa shape index (κ2) is 7.85. The van der Waals surface area contributed by atoms with Crippen LogP contribution in [-0.2, 0) is 16.1 Å². The van der Waals surface area contributed by atoms with Crippen molar-refractivity contribution in [1.82, 2.24) is 0 Å². The van der Waals surface area contributed by atoms with Crippen molar-refractivity contribution in [2.75, 3.05) is 6.54 Å². The van der Waals surface area contributed by atoms with E-state index >= 15 is 0 Å². The minimum absolute atomic E-state index is 0.155. The van der Waals surface area contributed by atoms with Gasteiger partial charge in [-0.2, -0.15) is 0 Å². The van der Waals surface area contributed by atoms with Crippen molar-refractivity contribution in [1.29, 1.82) is 0 Å². The summed E-state index contributed by atoms with van der Waals surface area (Å²) < 4.78 is 5.21. The van der Waals surface area contributed by atoms with Crippen molar-refractivity contribution in [2.45, 2.75) is 32.8 Å². The molecule has 0 radical (unpaired) electrons. The molecule has 1 atom stereocenters. The molecule has 3 nitrogen and oxygen atoms in total. The topological polar surface area (TPSA) is 52.3 Å². The lowest BCUT2D eigenvalue weighted by Gasteiger charge is -2.12. The van der Waals surface area contributed by atoms with E-state index in [9.17, 15) is 4.79 Å². The van der Waals surface area contributed by atoms with Crippen molar-refractivity contribution in [2.24, 2.45) is 11.7 Å². The number of hydrogen-bond acceptors (Lipinski definition) is 3. The van der Waals surface area contributed by atoms with Gasteiger partial charge in [0.1, 0.15) is 6.61 Å². The van der Waals surface area contributed by atoms with Crippen molar-refractivity contribution in [3.05, 3.63) is 35.9 Å². The van der Waals surface area contributed by atoms with Crippen LogP contribution in [-0.4, -0.2) is 12.5 Å². The first-order valence-corrected chi connectivity index (χ1v) is 6.15. The third-order valence-corrected chi connectivity index (χ3v) is 2.73. The highest BCUT2D eigenvalue weighted by atomic mass is 16.5. The van der Waals surface area contributed by atoms with Gasteiger partial charge >= 0.3 is 5.97 Å². The first-order chi connectivity index (χ1) is 8.26. The molecule has 17 heavy (non-hydrogen) atoms. The Bertz CT molecular complexity index is 324. The number of carbonyl (C=O) groups excluding carboxylic acids is 1. The summed E-state index contributed by atoms with van der Waals surface area (Å²) >= 11 is 0. The molecule has 3 heteroatoms. The number of rotatable bonds is 7. The maximum Gasteiger partial charge on any atom is 0.306 e. The van der Waals surface area contributed by atoms with Crippen LogP contribution in [0.1, 0.15) is 31.7 Å². The Morgan fingerprint density at radius 2 is 2.06 bits per heavy atom. The first-order valence-electron chi connectivity index (χ1n) is 6.15. The van der Waals surface area contributed by atoms with Gasteiger partial charge in [0.25, 0.3) is 0 Å². The van der Waals surface area contributed by atoms with E-state index < -0.39 is 0 Å². The fraction of sp³-hybridized carbons (Fsp3) is 0.500. The van der Waals surface area contributed by atoms with Crippen LogP contribution < -0.4 is 5.73 Å². The molecule has 0 aromatic heterocycles. The molecular weight excluding hydrogens is 214 g/mol. The van der Waals surface area contributed by atoms with Gasteiger partial charge in [-0.3, -0.25) is 4.79 Å². The number of carbonyl (C=O) groups is 1. The standard InChI is InChI=1S/C14H21NO2/c1-2-6-13(10-15)9-14(16)17-11-12-7-4-3-5-8-12/h3-5,7-8,13H,2,6,9-11,15H2,1H3. The predicted octanol–water partition coefficient (Wildman–Crippen LogP) is 2.49. The number of nitrogens with two attached hydrogens (primary N) is 1. The van der Waals surface area contributed by atoms with Crippen LogP contribution in [0.4, 0.5) is 0 Å². The lowest BCUT2D eigenvalue weighted by molar-refractivity contribution is -0.146. The van der Waals surface area contributed by atoms with Gasteiger partial charge in [-0.1, -0.05) is 43.7 Å². The van der Waals surface area contributed by atoms with Gasteiger partial charge in [0, 0.05) is 6.42 Å². The van der Waals surface area contributed by atoms with Gasteiger partial charge in [0.2, 0.25) is 0 Å². The Balaban J connectivity index is 2.30. The van der Waals surface area contributed by atoms with Crippen molar-refractivity contribution in [3.8, 4) is 0 Å². The highest BCUT2D eigenvalue weighted by Gasteiger charge is 2.12. The average molecular weight is 235 g/mol. The number of benzene rings is 1. The van der Waals surface area contributed by atoms with E-state index in [1.54, 1.807) is 0 Å². The molecule has 0 amide bonds. The monoisotopic (exact) mass is 235 g/mol. The zero-order valence-electron chi connectivity index (χ0n) is 10.4. The van der Waals surface area contributed by atoms with Gasteiger partial charge in [0.15, 0.2) is 0 Å². The fourth-order valence-corrected chi connectivity index (χ4v) is 1.74. The minimum atomic E-state index is -0.155. The summed E-state index contributed by atoms with van der Waals surface area (Å²) in [6.45, 7) is 3.00. The molecule has 0 saturated heterocycles. The Morgan fingerprint density at radius 1 is 1.35 bits per heavy atom. The van der Waals surface area contributed by atoms with Crippen molar-refractivity contribution in [3.63, 3.8) is 0 Å². The molecule has 0 aliphatic rings. The third-order valence-electron chi connectivity index (χ3n) is 2.73. The van der Waals surface area contributed by atoms with Crippen LogP contribution in [0.15, 0.2) is 30.3 Å². The number of hydrogen-bond donors (Lipinski definition) is 1. The summed E-state index contributed by atoms with van der Waals surface area (Å²) in [6, 6.07) is 9.70. The van der Waals surface area contributed by atoms with E-state index in [4.69, 9.17) is 10.5 Å². The Hall–Kier alpha value is -1.35. The molecule has 1 rings (SSSR count). The van der Waals surface area contributed by atoms with E-state index in [0.717, 1.165) is 18.4 Å². The summed E-state index contributed by atoms with van der Waals surface area (Å²) in [7, 11) is 0. The minimum Gasteiger partial charge on any atom is -0.461 e. The van der Waals surface area contributed by atoms with Crippen LogP contribution in [0, 0.1) is 5.92 Å². The van der Waals surface area contributed by atoms with Crippen molar-refractivity contribution >= 4 is 5.97 Å². The lowest BCUT2D eigenvalue weighted by Crippen LogP contribution is -2.19. The Labute approximate surface area is 103 Å². The zero-order valence-corrected chi connectivity index (χ0v) is 10.4. The van der Waals surface area contributed by atoms with Gasteiger partial charge in [0.05, 0.1) is 0 Å². The molecule has 0 fully saturated rings. The molecule has 1 aromatic rings. The molecule has 2 N–H and O–H groups in total. The van der Waals surface area contributed by atoms with Crippen LogP contribution in [0.3, 0.4) is 0 Å². The van der Waals surface area contributed by atoms with E-state index in [1.165, 1.54) is 0 Å². The number of ether oxygens (including phenoxy) is 1. The summed E-state index contributed by atoms with van der Waals surface area (Å²) in [5.41, 5.74) is 6.62. The molecule has 94 valence electrons. The van der Waals surface area contributed by atoms with Crippen LogP contribution in [0.25, 0.3) is 0 Å². The predicted molar refractivity (Wildman–Crippen MR) is 68.3 cm³/mol. The maximum atomic E-state index is 11.6. The van der Waals surface area contributed by atoms with Crippen LogP contribution >= 0.6 is 0 Å². The summed E-state index contributed by atoms with van der Waals surface area (Å²) in [5, 5.41) is 0. The fourth-order valence-electron chi connectivity index (χ4n) is 1.74. The summed E-state index contributed by atoms with van der Waals surface area (Å²) in [5.74, 6) is 0.0982. The molecule has 0 spiro atoms. The second-order valence-corrected chi connectivity index (χ2v) is 4.24. The van der Waals surface area contributed by atoms with Gasteiger partial charge < -0.3 is 10.5 Å². The Morgan fingerprint density at radius 3 is 2.65 bits per heavy atom. The number of esters is 1. The molecule has 1 unspecified atom stereocenters. The van der Waals surface area contributed by atoms with Gasteiger partial charge in [-0.25, -0.2) is 0 Å². The van der Waals surface area contributed by atoms with Gasteiger partial charge in [-0.05, 0) is 24.4 Å². The van der Waals surface area contributed by atoms with E-state index in [2.05, 4.69) is 6.92 Å². The second-order valence-electron chi connectivity index (χ2n) is 4.24. The van der Waals surface area contributed by atoms with Crippen LogP contribution in [0.2, 0.25) is 0 Å². The molecule has 1 aromatic carbocycles. The quantitative estimate of drug-likeness (QED) is 0.739. The molecular formula is C14H21NO2. The average Bonchev–Trinajstić information content (AvgIpc) is 2.37. The molecule has 0 saturated carbocycles. The smallest absolute Gasteiger partial charge is 0.306 e. The van der Waals surface area contributed by atoms with E-state index in [1.807, 2.05) is 30.3 Å². The Kier molecular flexibility index (Phi) is 6.33. The SMILES string of the molecule is CCCC(CN)CC(=O)OCc1ccccc1. The highest BCUT2D eigenvalue weighted by Crippen LogP contribution is 2.11. The third kappa shape index (κ3) is 5.50. The maximum absolute atomic E-state index is 11.6. The van der Waals surface area contributed by atoms with E-state index in [0.29, 0.717) is 19.6 Å². The molecule has 0 heterocycles. The van der Waals surface area contributed by atoms with Gasteiger partial charge in [-0.15, -0.1) is 0 Å². The van der Waals surface area contributed by atoms with Crippen molar-refractivity contribution < 1.29 is 9.53 Å². The lowest BCUT2D eigenvalue weighted by atomic mass is 10.0. The molecule has 0 aliphatic carbocycles. The molecule has 0 bridgehead atoms. The summed E-state index contributed by atoms with van der Waals surface area (Å²) in [6.07, 6.45) is 2.46. The van der Waals surface area contributed by atoms with E-state index in [-0.39, 0.29) is 11.9 Å². The summed E-state index contributed by atoms with van der Waals surface area (Å²) in [4.78, 5) is 11.6. The zero-order chi connectivity index (χ0) is 12.5. The first kappa shape index (κ1) is 13.7. The molecule has 0 aliphatic heterocycles. The highest BCUT2D eigenvalue weighted by molar-refractivity contribution is 5.69. The normalized spacial score (nSPS) is 12.1. The van der Waals surface area contributed by atoms with Crippen LogP contribution in [0.5, 0.6) is 0 Å². The largest absolute Gasteiger partial charge is 0.461 e.